The third kappa shape index (κ3) is 3.19. The Kier molecular flexibility index (Phi) is 4.67. The number of thioether (sulfide) groups is 1. The fourth-order valence-corrected chi connectivity index (χ4v) is 4.17. The minimum Gasteiger partial charge on any atom is -0.308 e. The van der Waals surface area contributed by atoms with E-state index < -0.39 is 10.0 Å². The van der Waals surface area contributed by atoms with Gasteiger partial charge in [-0.25, -0.2) is 19.2 Å². The first kappa shape index (κ1) is 14.6. The summed E-state index contributed by atoms with van der Waals surface area (Å²) in [5, 5.41) is 0.563. The molecule has 0 bridgehead atoms. The molecule has 2 rings (SSSR count). The largest absolute Gasteiger partial charge is 0.308 e. The SMILES string of the molecule is CSC1CCN(S(=O)(=O)c2ccc(NN)nc2)CC1. The first-order valence-electron chi connectivity index (χ1n) is 6.03. The average Bonchev–Trinajstić information content (AvgIpc) is 2.47. The maximum Gasteiger partial charge on any atom is 0.244 e. The molecule has 19 heavy (non-hydrogen) atoms. The second-order valence-electron chi connectivity index (χ2n) is 4.36. The number of hydrogen-bond donors (Lipinski definition) is 2. The highest BCUT2D eigenvalue weighted by atomic mass is 32.2. The minimum absolute atomic E-state index is 0.217. The lowest BCUT2D eigenvalue weighted by molar-refractivity contribution is 0.352. The molecule has 0 atom stereocenters. The summed E-state index contributed by atoms with van der Waals surface area (Å²) in [6, 6.07) is 3.08. The summed E-state index contributed by atoms with van der Waals surface area (Å²) >= 11 is 1.80. The first-order chi connectivity index (χ1) is 9.07. The fraction of sp³-hybridized carbons (Fsp3) is 0.545. The Hall–Kier alpha value is -0.830. The van der Waals surface area contributed by atoms with E-state index in [0.29, 0.717) is 24.2 Å². The van der Waals surface area contributed by atoms with Gasteiger partial charge < -0.3 is 5.43 Å². The van der Waals surface area contributed by atoms with Crippen LogP contribution in [0, 0.1) is 0 Å². The van der Waals surface area contributed by atoms with E-state index in [1.54, 1.807) is 17.8 Å². The molecule has 0 spiro atoms. The Balaban J connectivity index is 2.13. The van der Waals surface area contributed by atoms with Crippen LogP contribution in [0.1, 0.15) is 12.8 Å². The molecular formula is C11H18N4O2S2. The van der Waals surface area contributed by atoms with Crippen LogP contribution in [-0.4, -0.2) is 42.3 Å². The topological polar surface area (TPSA) is 88.3 Å². The van der Waals surface area contributed by atoms with Crippen molar-refractivity contribution in [2.24, 2.45) is 5.84 Å². The zero-order chi connectivity index (χ0) is 13.9. The number of rotatable bonds is 4. The van der Waals surface area contributed by atoms with Gasteiger partial charge in [-0.05, 0) is 31.2 Å². The summed E-state index contributed by atoms with van der Waals surface area (Å²) < 4.78 is 26.4. The van der Waals surface area contributed by atoms with E-state index in [1.807, 2.05) is 0 Å². The van der Waals surface area contributed by atoms with Crippen LogP contribution in [0.2, 0.25) is 0 Å². The standard InChI is InChI=1S/C11H18N4O2S2/c1-18-9-4-6-15(7-5-9)19(16,17)10-2-3-11(14-12)13-8-10/h2-3,8-9H,4-7,12H2,1H3,(H,13,14). The number of nitrogens with two attached hydrogens (primary N) is 1. The Morgan fingerprint density at radius 2 is 2.11 bits per heavy atom. The number of hydrogen-bond acceptors (Lipinski definition) is 6. The lowest BCUT2D eigenvalue weighted by Crippen LogP contribution is -2.39. The lowest BCUT2D eigenvalue weighted by atomic mass is 10.2. The third-order valence-electron chi connectivity index (χ3n) is 3.26. The molecule has 0 radical (unpaired) electrons. The molecule has 3 N–H and O–H groups in total. The first-order valence-corrected chi connectivity index (χ1v) is 8.76. The van der Waals surface area contributed by atoms with Gasteiger partial charge in [-0.3, -0.25) is 0 Å². The van der Waals surface area contributed by atoms with E-state index in [2.05, 4.69) is 16.7 Å². The van der Waals surface area contributed by atoms with Crippen LogP contribution in [0.15, 0.2) is 23.2 Å². The quantitative estimate of drug-likeness (QED) is 0.634. The van der Waals surface area contributed by atoms with Crippen molar-refractivity contribution in [2.45, 2.75) is 23.0 Å². The van der Waals surface area contributed by atoms with Gasteiger partial charge in [-0.2, -0.15) is 16.1 Å². The van der Waals surface area contributed by atoms with Crippen molar-refractivity contribution < 1.29 is 8.42 Å². The van der Waals surface area contributed by atoms with Crippen LogP contribution >= 0.6 is 11.8 Å². The van der Waals surface area contributed by atoms with E-state index >= 15 is 0 Å². The Morgan fingerprint density at radius 3 is 2.58 bits per heavy atom. The number of aromatic nitrogens is 1. The van der Waals surface area contributed by atoms with Gasteiger partial charge in [0, 0.05) is 24.5 Å². The van der Waals surface area contributed by atoms with E-state index in [-0.39, 0.29) is 4.90 Å². The minimum atomic E-state index is -3.43. The normalized spacial score (nSPS) is 18.4. The number of nitrogens with one attached hydrogen (secondary N) is 1. The highest BCUT2D eigenvalue weighted by molar-refractivity contribution is 7.99. The van der Waals surface area contributed by atoms with Crippen molar-refractivity contribution in [2.75, 3.05) is 24.8 Å². The zero-order valence-corrected chi connectivity index (χ0v) is 12.4. The van der Waals surface area contributed by atoms with Crippen molar-refractivity contribution in [3.8, 4) is 0 Å². The molecule has 6 nitrogen and oxygen atoms in total. The predicted molar refractivity (Wildman–Crippen MR) is 77.3 cm³/mol. The van der Waals surface area contributed by atoms with E-state index in [1.165, 1.54) is 16.6 Å². The van der Waals surface area contributed by atoms with Gasteiger partial charge in [-0.1, -0.05) is 0 Å². The van der Waals surface area contributed by atoms with E-state index in [0.717, 1.165) is 12.8 Å². The molecule has 0 amide bonds. The number of pyridine rings is 1. The highest BCUT2D eigenvalue weighted by Gasteiger charge is 2.29. The van der Waals surface area contributed by atoms with Crippen molar-refractivity contribution in [3.05, 3.63) is 18.3 Å². The molecule has 0 aromatic carbocycles. The van der Waals surface area contributed by atoms with Gasteiger partial charge in [0.05, 0.1) is 0 Å². The molecule has 0 saturated carbocycles. The number of nitrogen functional groups attached to an aromatic ring is 1. The molecule has 0 aliphatic carbocycles. The molecular weight excluding hydrogens is 284 g/mol. The fourth-order valence-electron chi connectivity index (χ4n) is 2.08. The second-order valence-corrected chi connectivity index (χ2v) is 7.44. The van der Waals surface area contributed by atoms with Crippen LogP contribution in [0.5, 0.6) is 0 Å². The monoisotopic (exact) mass is 302 g/mol. The van der Waals surface area contributed by atoms with Crippen LogP contribution in [0.4, 0.5) is 5.82 Å². The van der Waals surface area contributed by atoms with Crippen LogP contribution < -0.4 is 11.3 Å². The smallest absolute Gasteiger partial charge is 0.244 e. The molecule has 1 fully saturated rings. The van der Waals surface area contributed by atoms with Gasteiger partial charge in [-0.15, -0.1) is 0 Å². The molecule has 2 heterocycles. The molecule has 106 valence electrons. The number of anilines is 1. The van der Waals surface area contributed by atoms with Gasteiger partial charge in [0.2, 0.25) is 10.0 Å². The Labute approximate surface area is 117 Å². The van der Waals surface area contributed by atoms with Gasteiger partial charge in [0.15, 0.2) is 0 Å². The summed E-state index contributed by atoms with van der Waals surface area (Å²) in [7, 11) is -3.43. The lowest BCUT2D eigenvalue weighted by Gasteiger charge is -2.30. The number of hydrazine groups is 1. The van der Waals surface area contributed by atoms with E-state index in [9.17, 15) is 8.42 Å². The second kappa shape index (κ2) is 6.08. The number of nitrogens with zero attached hydrogens (tertiary/aromatic N) is 2. The number of piperidine rings is 1. The van der Waals surface area contributed by atoms with Crippen molar-refractivity contribution in [1.82, 2.24) is 9.29 Å². The Bertz CT molecular complexity index is 510. The molecule has 1 aromatic rings. The van der Waals surface area contributed by atoms with Crippen LogP contribution in [0.25, 0.3) is 0 Å². The zero-order valence-electron chi connectivity index (χ0n) is 10.7. The molecule has 0 unspecified atom stereocenters. The molecule has 8 heteroatoms. The van der Waals surface area contributed by atoms with Gasteiger partial charge in [0.1, 0.15) is 10.7 Å². The molecule has 1 aliphatic heterocycles. The van der Waals surface area contributed by atoms with Crippen LogP contribution in [-0.2, 0) is 10.0 Å². The average molecular weight is 302 g/mol. The third-order valence-corrected chi connectivity index (χ3v) is 6.28. The predicted octanol–water partition coefficient (Wildman–Crippen LogP) is 0.883. The molecule has 1 saturated heterocycles. The van der Waals surface area contributed by atoms with Crippen molar-refractivity contribution in [3.63, 3.8) is 0 Å². The summed E-state index contributed by atoms with van der Waals surface area (Å²) in [5.41, 5.74) is 2.38. The van der Waals surface area contributed by atoms with Crippen LogP contribution in [0.3, 0.4) is 0 Å². The molecule has 1 aromatic heterocycles. The summed E-state index contributed by atoms with van der Waals surface area (Å²) in [4.78, 5) is 4.16. The van der Waals surface area contributed by atoms with Gasteiger partial charge >= 0.3 is 0 Å². The maximum atomic E-state index is 12.4. The Morgan fingerprint density at radius 1 is 1.42 bits per heavy atom. The van der Waals surface area contributed by atoms with E-state index in [4.69, 9.17) is 5.84 Å². The van der Waals surface area contributed by atoms with Gasteiger partial charge in [0.25, 0.3) is 0 Å². The maximum absolute atomic E-state index is 12.4. The summed E-state index contributed by atoms with van der Waals surface area (Å²) in [6.45, 7) is 1.15. The highest BCUT2D eigenvalue weighted by Crippen LogP contribution is 2.25. The van der Waals surface area contributed by atoms with Crippen molar-refractivity contribution >= 4 is 27.6 Å². The molecule has 1 aliphatic rings. The van der Waals surface area contributed by atoms with Crippen molar-refractivity contribution in [1.29, 1.82) is 0 Å². The number of sulfonamides is 1. The summed E-state index contributed by atoms with van der Waals surface area (Å²) in [5.74, 6) is 5.65. The summed E-state index contributed by atoms with van der Waals surface area (Å²) in [6.07, 6.45) is 5.20.